The highest BCUT2D eigenvalue weighted by molar-refractivity contribution is 7.14. The Morgan fingerprint density at radius 3 is 2.40 bits per heavy atom. The van der Waals surface area contributed by atoms with Gasteiger partial charge in [-0.1, -0.05) is 20.8 Å². The molecule has 4 nitrogen and oxygen atoms in total. The van der Waals surface area contributed by atoms with E-state index < -0.39 is 5.97 Å². The number of thiophene rings is 1. The Labute approximate surface area is 123 Å². The molecular formula is C15H23NO3S. The van der Waals surface area contributed by atoms with Gasteiger partial charge in [0.1, 0.15) is 4.88 Å². The van der Waals surface area contributed by atoms with E-state index >= 15 is 0 Å². The molecule has 5 heteroatoms. The molecule has 0 unspecified atom stereocenters. The van der Waals surface area contributed by atoms with Crippen LogP contribution in [0.3, 0.4) is 0 Å². The van der Waals surface area contributed by atoms with Crippen molar-refractivity contribution in [3.63, 3.8) is 0 Å². The first-order chi connectivity index (χ1) is 9.27. The van der Waals surface area contributed by atoms with Crippen molar-refractivity contribution in [2.24, 2.45) is 0 Å². The van der Waals surface area contributed by atoms with Gasteiger partial charge in [0.2, 0.25) is 0 Å². The van der Waals surface area contributed by atoms with Crippen molar-refractivity contribution in [2.45, 2.75) is 64.0 Å². The molecule has 0 bridgehead atoms. The maximum atomic E-state index is 11.4. The van der Waals surface area contributed by atoms with Crippen molar-refractivity contribution in [1.29, 1.82) is 0 Å². The number of hydrogen-bond acceptors (Lipinski definition) is 4. The molecule has 0 radical (unpaired) electrons. The molecule has 20 heavy (non-hydrogen) atoms. The van der Waals surface area contributed by atoms with Crippen molar-refractivity contribution in [3.05, 3.63) is 15.8 Å². The minimum absolute atomic E-state index is 0.0441. The zero-order valence-electron chi connectivity index (χ0n) is 12.3. The summed E-state index contributed by atoms with van der Waals surface area (Å²) in [5, 5.41) is 22.2. The Morgan fingerprint density at radius 1 is 1.30 bits per heavy atom. The van der Waals surface area contributed by atoms with E-state index in [9.17, 15) is 15.0 Å². The molecule has 0 amide bonds. The zero-order chi connectivity index (χ0) is 14.9. The third kappa shape index (κ3) is 3.52. The number of anilines is 1. The van der Waals surface area contributed by atoms with Crippen LogP contribution in [0.15, 0.2) is 6.07 Å². The van der Waals surface area contributed by atoms with Crippen molar-refractivity contribution >= 4 is 23.0 Å². The SMILES string of the molecule is CC(C)(C)c1cc(NC2CCC(O)CC2)c(C(=O)O)s1. The lowest BCUT2D eigenvalue weighted by molar-refractivity contribution is 0.0702. The lowest BCUT2D eigenvalue weighted by atomic mass is 9.92. The number of carboxylic acid groups (broad SMARTS) is 1. The summed E-state index contributed by atoms with van der Waals surface area (Å²) in [6, 6.07) is 2.23. The molecule has 1 fully saturated rings. The summed E-state index contributed by atoms with van der Waals surface area (Å²) in [6.45, 7) is 6.27. The van der Waals surface area contributed by atoms with E-state index in [1.165, 1.54) is 11.3 Å². The van der Waals surface area contributed by atoms with Gasteiger partial charge >= 0.3 is 5.97 Å². The van der Waals surface area contributed by atoms with E-state index in [1.54, 1.807) is 0 Å². The van der Waals surface area contributed by atoms with Crippen molar-refractivity contribution in [1.82, 2.24) is 0 Å². The van der Waals surface area contributed by atoms with Crippen LogP contribution in [0.4, 0.5) is 5.69 Å². The third-order valence-corrected chi connectivity index (χ3v) is 5.27. The molecule has 1 aromatic rings. The standard InChI is InChI=1S/C15H23NO3S/c1-15(2,3)12-8-11(13(20-12)14(18)19)16-9-4-6-10(17)7-5-9/h8-10,16-17H,4-7H2,1-3H3,(H,18,19). The van der Waals surface area contributed by atoms with Gasteiger partial charge < -0.3 is 15.5 Å². The van der Waals surface area contributed by atoms with Crippen LogP contribution in [0, 0.1) is 0 Å². The second kappa shape index (κ2) is 5.74. The first-order valence-corrected chi connectivity index (χ1v) is 7.91. The molecular weight excluding hydrogens is 274 g/mol. The number of rotatable bonds is 3. The molecule has 1 aliphatic rings. The Balaban J connectivity index is 2.17. The number of nitrogens with one attached hydrogen (secondary N) is 1. The molecule has 1 heterocycles. The summed E-state index contributed by atoms with van der Waals surface area (Å²) in [6.07, 6.45) is 3.16. The summed E-state index contributed by atoms with van der Waals surface area (Å²) in [5.41, 5.74) is 0.686. The summed E-state index contributed by atoms with van der Waals surface area (Å²) >= 11 is 1.35. The van der Waals surface area contributed by atoms with Gasteiger partial charge in [0, 0.05) is 10.9 Å². The molecule has 3 N–H and O–H groups in total. The predicted octanol–water partition coefficient (Wildman–Crippen LogP) is 3.46. The van der Waals surface area contributed by atoms with E-state index in [4.69, 9.17) is 0 Å². The van der Waals surface area contributed by atoms with Crippen molar-refractivity contribution in [3.8, 4) is 0 Å². The Morgan fingerprint density at radius 2 is 1.90 bits per heavy atom. The number of aliphatic hydroxyl groups is 1. The van der Waals surface area contributed by atoms with E-state index in [0.29, 0.717) is 4.88 Å². The molecule has 1 aromatic heterocycles. The number of aliphatic hydroxyl groups excluding tert-OH is 1. The molecule has 1 saturated carbocycles. The van der Waals surface area contributed by atoms with E-state index in [2.05, 4.69) is 26.1 Å². The monoisotopic (exact) mass is 297 g/mol. The maximum absolute atomic E-state index is 11.4. The van der Waals surface area contributed by atoms with Crippen molar-refractivity contribution in [2.75, 3.05) is 5.32 Å². The second-order valence-corrected chi connectivity index (χ2v) is 7.61. The average molecular weight is 297 g/mol. The lowest BCUT2D eigenvalue weighted by Crippen LogP contribution is -2.28. The fraction of sp³-hybridized carbons (Fsp3) is 0.667. The molecule has 0 saturated heterocycles. The van der Waals surface area contributed by atoms with Gasteiger partial charge in [-0.05, 0) is 37.2 Å². The predicted molar refractivity (Wildman–Crippen MR) is 81.9 cm³/mol. The van der Waals surface area contributed by atoms with Crippen LogP contribution in [0.1, 0.15) is 61.0 Å². The van der Waals surface area contributed by atoms with Gasteiger partial charge in [-0.3, -0.25) is 0 Å². The van der Waals surface area contributed by atoms with Gasteiger partial charge in [-0.25, -0.2) is 4.79 Å². The fourth-order valence-corrected chi connectivity index (χ4v) is 3.48. The number of carbonyl (C=O) groups is 1. The van der Waals surface area contributed by atoms with Crippen LogP contribution in [0.5, 0.6) is 0 Å². The first-order valence-electron chi connectivity index (χ1n) is 7.09. The topological polar surface area (TPSA) is 69.6 Å². The summed E-state index contributed by atoms with van der Waals surface area (Å²) in [7, 11) is 0. The van der Waals surface area contributed by atoms with Gasteiger partial charge in [-0.15, -0.1) is 11.3 Å². The molecule has 112 valence electrons. The zero-order valence-corrected chi connectivity index (χ0v) is 13.1. The number of carboxylic acids is 1. The molecule has 0 spiro atoms. The maximum Gasteiger partial charge on any atom is 0.348 e. The first kappa shape index (κ1) is 15.3. The highest BCUT2D eigenvalue weighted by atomic mass is 32.1. The van der Waals surface area contributed by atoms with Crippen LogP contribution in [-0.2, 0) is 5.41 Å². The summed E-state index contributed by atoms with van der Waals surface area (Å²) in [5.74, 6) is -0.871. The molecule has 0 atom stereocenters. The van der Waals surface area contributed by atoms with Crippen LogP contribution in [-0.4, -0.2) is 28.3 Å². The van der Waals surface area contributed by atoms with E-state index in [0.717, 1.165) is 36.2 Å². The highest BCUT2D eigenvalue weighted by Gasteiger charge is 2.25. The van der Waals surface area contributed by atoms with Crippen LogP contribution in [0.25, 0.3) is 0 Å². The van der Waals surface area contributed by atoms with Crippen LogP contribution < -0.4 is 5.32 Å². The van der Waals surface area contributed by atoms with Gasteiger partial charge in [0.15, 0.2) is 0 Å². The van der Waals surface area contributed by atoms with Crippen LogP contribution in [0.2, 0.25) is 0 Å². The minimum atomic E-state index is -0.871. The number of hydrogen-bond donors (Lipinski definition) is 3. The molecule has 2 rings (SSSR count). The average Bonchev–Trinajstić information content (AvgIpc) is 2.76. The number of aromatic carboxylic acids is 1. The Kier molecular flexibility index (Phi) is 4.39. The molecule has 0 aliphatic heterocycles. The van der Waals surface area contributed by atoms with E-state index in [-0.39, 0.29) is 17.6 Å². The van der Waals surface area contributed by atoms with Gasteiger partial charge in [0.05, 0.1) is 11.8 Å². The summed E-state index contributed by atoms with van der Waals surface area (Å²) in [4.78, 5) is 12.9. The lowest BCUT2D eigenvalue weighted by Gasteiger charge is -2.26. The van der Waals surface area contributed by atoms with Crippen molar-refractivity contribution < 1.29 is 15.0 Å². The fourth-order valence-electron chi connectivity index (χ4n) is 2.47. The molecule has 1 aliphatic carbocycles. The Hall–Kier alpha value is -1.07. The smallest absolute Gasteiger partial charge is 0.348 e. The Bertz CT molecular complexity index is 482. The van der Waals surface area contributed by atoms with Gasteiger partial charge in [-0.2, -0.15) is 0 Å². The summed E-state index contributed by atoms with van der Waals surface area (Å²) < 4.78 is 0. The quantitative estimate of drug-likeness (QED) is 0.799. The normalized spacial score (nSPS) is 23.6. The minimum Gasteiger partial charge on any atom is -0.477 e. The highest BCUT2D eigenvalue weighted by Crippen LogP contribution is 2.36. The van der Waals surface area contributed by atoms with Crippen LogP contribution >= 0.6 is 11.3 Å². The molecule has 0 aromatic carbocycles. The van der Waals surface area contributed by atoms with E-state index in [1.807, 2.05) is 6.07 Å². The third-order valence-electron chi connectivity index (χ3n) is 3.72. The largest absolute Gasteiger partial charge is 0.477 e. The second-order valence-electron chi connectivity index (χ2n) is 6.56. The van der Waals surface area contributed by atoms with Gasteiger partial charge in [0.25, 0.3) is 0 Å².